The number of ether oxygens (including phenoxy) is 3. The van der Waals surface area contributed by atoms with Crippen LogP contribution in [0, 0.1) is 0 Å². The molecule has 1 amide bonds. The molecule has 6 nitrogen and oxygen atoms in total. The molecule has 124 valence electrons. The van der Waals surface area contributed by atoms with Gasteiger partial charge in [-0.15, -0.1) is 0 Å². The molecule has 0 radical (unpaired) electrons. The monoisotopic (exact) mass is 311 g/mol. The van der Waals surface area contributed by atoms with E-state index < -0.39 is 11.2 Å². The van der Waals surface area contributed by atoms with Crippen molar-refractivity contribution in [2.24, 2.45) is 0 Å². The topological polar surface area (TPSA) is 65.1 Å². The molecule has 0 aromatic heterocycles. The van der Waals surface area contributed by atoms with Crippen LogP contribution < -0.4 is 0 Å². The van der Waals surface area contributed by atoms with Gasteiger partial charge in [0.1, 0.15) is 17.0 Å². The third-order valence-electron chi connectivity index (χ3n) is 3.72. The molecular weight excluding hydrogens is 286 g/mol. The van der Waals surface area contributed by atoms with Gasteiger partial charge in [0.25, 0.3) is 0 Å². The number of nitrogens with zero attached hydrogens (tertiary/aromatic N) is 1. The van der Waals surface area contributed by atoms with Crippen LogP contribution in [-0.2, 0) is 19.0 Å². The van der Waals surface area contributed by atoms with Crippen molar-refractivity contribution in [2.45, 2.75) is 64.8 Å². The van der Waals surface area contributed by atoms with Crippen LogP contribution in [0.2, 0.25) is 0 Å². The maximum atomic E-state index is 12.1. The molecule has 1 saturated heterocycles. The first kappa shape index (κ1) is 16.8. The van der Waals surface area contributed by atoms with E-state index in [2.05, 4.69) is 0 Å². The molecule has 6 heteroatoms. The number of carbonyl (C=O) groups is 2. The molecule has 0 aromatic rings. The second kappa shape index (κ2) is 5.91. The molecule has 0 saturated carbocycles. The smallest absolute Gasteiger partial charge is 0.410 e. The van der Waals surface area contributed by atoms with Crippen molar-refractivity contribution in [3.8, 4) is 0 Å². The predicted molar refractivity (Wildman–Crippen MR) is 80.2 cm³/mol. The normalized spacial score (nSPS) is 24.1. The van der Waals surface area contributed by atoms with Gasteiger partial charge >= 0.3 is 12.1 Å². The van der Waals surface area contributed by atoms with E-state index in [0.29, 0.717) is 31.7 Å². The van der Waals surface area contributed by atoms with Gasteiger partial charge in [0.05, 0.1) is 6.10 Å². The standard InChI is InChI=1S/C16H25NO5/c1-11-10-13(20-12(2)18)16(21-11)6-8-17(9-7-16)14(19)22-15(3,4)5/h10-11H,6-9H2,1-5H3. The number of likely N-dealkylation sites (tertiary alicyclic amines) is 1. The molecule has 0 N–H and O–H groups in total. The zero-order valence-electron chi connectivity index (χ0n) is 14.0. The van der Waals surface area contributed by atoms with Crippen LogP contribution >= 0.6 is 0 Å². The van der Waals surface area contributed by atoms with Crippen molar-refractivity contribution in [3.63, 3.8) is 0 Å². The first-order chi connectivity index (χ1) is 10.1. The lowest BCUT2D eigenvalue weighted by atomic mass is 9.90. The summed E-state index contributed by atoms with van der Waals surface area (Å²) in [6.45, 7) is 9.87. The maximum absolute atomic E-state index is 12.1. The summed E-state index contributed by atoms with van der Waals surface area (Å²) in [5.74, 6) is 0.231. The van der Waals surface area contributed by atoms with Crippen LogP contribution in [0.5, 0.6) is 0 Å². The summed E-state index contributed by atoms with van der Waals surface area (Å²) in [5.41, 5.74) is -1.10. The highest BCUT2D eigenvalue weighted by Crippen LogP contribution is 2.40. The van der Waals surface area contributed by atoms with Crippen LogP contribution in [0.15, 0.2) is 11.8 Å². The molecule has 1 unspecified atom stereocenters. The Hall–Kier alpha value is -1.56. The van der Waals surface area contributed by atoms with Crippen LogP contribution in [-0.4, -0.2) is 47.4 Å². The van der Waals surface area contributed by atoms with E-state index in [0.717, 1.165) is 0 Å². The Morgan fingerprint density at radius 2 is 1.91 bits per heavy atom. The average molecular weight is 311 g/mol. The Kier molecular flexibility index (Phi) is 4.52. The second-order valence-electron chi connectivity index (χ2n) is 6.91. The summed E-state index contributed by atoms with van der Waals surface area (Å²) in [4.78, 5) is 25.0. The number of amides is 1. The molecule has 2 aliphatic rings. The number of hydrogen-bond donors (Lipinski definition) is 0. The lowest BCUT2D eigenvalue weighted by Gasteiger charge is -2.40. The Balaban J connectivity index is 2.00. The number of piperidine rings is 1. The summed E-state index contributed by atoms with van der Waals surface area (Å²) in [6.07, 6.45) is 2.62. The lowest BCUT2D eigenvalue weighted by Crippen LogP contribution is -2.49. The van der Waals surface area contributed by atoms with Crippen molar-refractivity contribution < 1.29 is 23.8 Å². The van der Waals surface area contributed by atoms with E-state index in [9.17, 15) is 9.59 Å². The van der Waals surface area contributed by atoms with Crippen LogP contribution in [0.1, 0.15) is 47.5 Å². The minimum atomic E-state index is -0.594. The van der Waals surface area contributed by atoms with Gasteiger partial charge in [0, 0.05) is 32.9 Å². The van der Waals surface area contributed by atoms with Gasteiger partial charge in [0.15, 0.2) is 0 Å². The summed E-state index contributed by atoms with van der Waals surface area (Å²) in [5, 5.41) is 0. The van der Waals surface area contributed by atoms with Crippen LogP contribution in [0.4, 0.5) is 4.79 Å². The van der Waals surface area contributed by atoms with Gasteiger partial charge in [-0.25, -0.2) is 4.79 Å². The highest BCUT2D eigenvalue weighted by molar-refractivity contribution is 5.69. The van der Waals surface area contributed by atoms with E-state index in [4.69, 9.17) is 14.2 Å². The zero-order chi connectivity index (χ0) is 16.5. The third kappa shape index (κ3) is 3.80. The van der Waals surface area contributed by atoms with Crippen molar-refractivity contribution in [3.05, 3.63) is 11.8 Å². The molecule has 1 spiro atoms. The molecule has 2 rings (SSSR count). The fourth-order valence-electron chi connectivity index (χ4n) is 2.84. The van der Waals surface area contributed by atoms with Crippen molar-refractivity contribution >= 4 is 12.1 Å². The van der Waals surface area contributed by atoms with Crippen molar-refractivity contribution in [1.29, 1.82) is 0 Å². The Morgan fingerprint density at radius 3 is 2.41 bits per heavy atom. The first-order valence-electron chi connectivity index (χ1n) is 7.68. The number of carbonyl (C=O) groups excluding carboxylic acids is 2. The molecule has 1 fully saturated rings. The number of rotatable bonds is 1. The maximum Gasteiger partial charge on any atom is 0.410 e. The highest BCUT2D eigenvalue weighted by Gasteiger charge is 2.47. The molecule has 0 aromatic carbocycles. The fraction of sp³-hybridized carbons (Fsp3) is 0.750. The minimum absolute atomic E-state index is 0.0950. The van der Waals surface area contributed by atoms with E-state index in [1.807, 2.05) is 33.8 Å². The second-order valence-corrected chi connectivity index (χ2v) is 6.91. The Morgan fingerprint density at radius 1 is 1.32 bits per heavy atom. The fourth-order valence-corrected chi connectivity index (χ4v) is 2.84. The van der Waals surface area contributed by atoms with Gasteiger partial charge in [-0.2, -0.15) is 0 Å². The SMILES string of the molecule is CC(=O)OC1=CC(C)OC12CCN(C(=O)OC(C)(C)C)CC2. The van der Waals surface area contributed by atoms with Gasteiger partial charge < -0.3 is 19.1 Å². The van der Waals surface area contributed by atoms with E-state index in [1.165, 1.54) is 6.92 Å². The highest BCUT2D eigenvalue weighted by atomic mass is 16.6. The Labute approximate surface area is 131 Å². The molecule has 22 heavy (non-hydrogen) atoms. The average Bonchev–Trinajstić information content (AvgIpc) is 2.63. The van der Waals surface area contributed by atoms with Gasteiger partial charge in [0.2, 0.25) is 0 Å². The van der Waals surface area contributed by atoms with Crippen LogP contribution in [0.25, 0.3) is 0 Å². The van der Waals surface area contributed by atoms with Gasteiger partial charge in [-0.05, 0) is 33.8 Å². The lowest BCUT2D eigenvalue weighted by molar-refractivity contribution is -0.143. The van der Waals surface area contributed by atoms with Crippen molar-refractivity contribution in [2.75, 3.05) is 13.1 Å². The summed E-state index contributed by atoms with van der Waals surface area (Å²) >= 11 is 0. The quantitative estimate of drug-likeness (QED) is 0.697. The first-order valence-corrected chi connectivity index (χ1v) is 7.68. The number of hydrogen-bond acceptors (Lipinski definition) is 5. The van der Waals surface area contributed by atoms with E-state index in [-0.39, 0.29) is 18.2 Å². The Bertz CT molecular complexity index is 483. The van der Waals surface area contributed by atoms with Gasteiger partial charge in [-0.3, -0.25) is 4.79 Å². The number of esters is 1. The van der Waals surface area contributed by atoms with E-state index in [1.54, 1.807) is 4.90 Å². The predicted octanol–water partition coefficient (Wildman–Crippen LogP) is 2.62. The van der Waals surface area contributed by atoms with E-state index >= 15 is 0 Å². The largest absolute Gasteiger partial charge is 0.444 e. The third-order valence-corrected chi connectivity index (χ3v) is 3.72. The summed E-state index contributed by atoms with van der Waals surface area (Å²) in [7, 11) is 0. The summed E-state index contributed by atoms with van der Waals surface area (Å²) in [6, 6.07) is 0. The molecule has 0 bridgehead atoms. The summed E-state index contributed by atoms with van der Waals surface area (Å²) < 4.78 is 16.7. The minimum Gasteiger partial charge on any atom is -0.444 e. The molecule has 1 atom stereocenters. The van der Waals surface area contributed by atoms with Crippen LogP contribution in [0.3, 0.4) is 0 Å². The molecule has 2 aliphatic heterocycles. The molecular formula is C16H25NO5. The van der Waals surface area contributed by atoms with Gasteiger partial charge in [-0.1, -0.05) is 0 Å². The molecule has 2 heterocycles. The zero-order valence-corrected chi connectivity index (χ0v) is 14.0. The van der Waals surface area contributed by atoms with Crippen molar-refractivity contribution in [1.82, 2.24) is 4.90 Å². The molecule has 0 aliphatic carbocycles.